The van der Waals surface area contributed by atoms with E-state index in [0.29, 0.717) is 19.0 Å². The maximum atomic E-state index is 5.95. The highest BCUT2D eigenvalue weighted by Crippen LogP contribution is 2.23. The molecule has 2 heterocycles. The average molecular weight is 230 g/mol. The molecule has 3 N–H and O–H groups in total. The van der Waals surface area contributed by atoms with E-state index in [0.717, 1.165) is 11.4 Å². The van der Waals surface area contributed by atoms with Gasteiger partial charge in [-0.2, -0.15) is 5.10 Å². The topological polar surface area (TPSA) is 76.8 Å². The summed E-state index contributed by atoms with van der Waals surface area (Å²) in [4.78, 5) is 4.49. The first kappa shape index (κ1) is 10.4. The van der Waals surface area contributed by atoms with Gasteiger partial charge in [0.05, 0.1) is 19.1 Å². The Kier molecular flexibility index (Phi) is 2.62. The van der Waals surface area contributed by atoms with Crippen LogP contribution < -0.4 is 5.73 Å². The van der Waals surface area contributed by atoms with Gasteiger partial charge in [0.25, 0.3) is 0 Å². The molecule has 1 aromatic heterocycles. The van der Waals surface area contributed by atoms with Gasteiger partial charge in [-0.1, -0.05) is 30.3 Å². The van der Waals surface area contributed by atoms with Gasteiger partial charge in [0.15, 0.2) is 5.82 Å². The summed E-state index contributed by atoms with van der Waals surface area (Å²) >= 11 is 0. The highest BCUT2D eigenvalue weighted by molar-refractivity contribution is 5.53. The second kappa shape index (κ2) is 4.27. The molecule has 0 aliphatic carbocycles. The predicted molar refractivity (Wildman–Crippen MR) is 63.4 cm³/mol. The monoisotopic (exact) mass is 230 g/mol. The molecule has 3 rings (SSSR count). The van der Waals surface area contributed by atoms with Crippen LogP contribution in [0.4, 0.5) is 0 Å². The van der Waals surface area contributed by atoms with Crippen molar-refractivity contribution in [2.75, 3.05) is 13.2 Å². The summed E-state index contributed by atoms with van der Waals surface area (Å²) in [5.74, 6) is 1.65. The van der Waals surface area contributed by atoms with Crippen LogP contribution in [0.5, 0.6) is 0 Å². The lowest BCUT2D eigenvalue weighted by Gasteiger charge is -2.08. The first-order valence-corrected chi connectivity index (χ1v) is 5.65. The molecule has 88 valence electrons. The number of hydrogen-bond donors (Lipinski definition) is 2. The van der Waals surface area contributed by atoms with Crippen molar-refractivity contribution in [3.05, 3.63) is 36.2 Å². The van der Waals surface area contributed by atoms with Crippen molar-refractivity contribution < 1.29 is 4.74 Å². The fraction of sp³-hybridized carbons (Fsp3) is 0.333. The molecule has 1 aliphatic heterocycles. The summed E-state index contributed by atoms with van der Waals surface area (Å²) in [5, 5.41) is 7.17. The number of rotatable bonds is 2. The molecule has 0 saturated carbocycles. The molecule has 2 unspecified atom stereocenters. The zero-order valence-corrected chi connectivity index (χ0v) is 9.34. The Bertz CT molecular complexity index is 496. The van der Waals surface area contributed by atoms with Crippen molar-refractivity contribution in [1.29, 1.82) is 0 Å². The van der Waals surface area contributed by atoms with Gasteiger partial charge in [0.1, 0.15) is 5.82 Å². The number of aromatic nitrogens is 3. The van der Waals surface area contributed by atoms with Crippen molar-refractivity contribution in [2.24, 2.45) is 5.73 Å². The maximum Gasteiger partial charge on any atom is 0.181 e. The van der Waals surface area contributed by atoms with Crippen LogP contribution in [0, 0.1) is 0 Å². The molecule has 1 saturated heterocycles. The van der Waals surface area contributed by atoms with E-state index < -0.39 is 0 Å². The standard InChI is InChI=1S/C12H14N4O/c13-10-7-17-6-9(10)12-14-11(15-16-12)8-4-2-1-3-5-8/h1-5,9-10H,6-7,13H2,(H,14,15,16). The Hall–Kier alpha value is -1.72. The molecule has 1 aromatic carbocycles. The lowest BCUT2D eigenvalue weighted by molar-refractivity contribution is 0.190. The van der Waals surface area contributed by atoms with Gasteiger partial charge in [-0.05, 0) is 0 Å². The molecule has 5 heteroatoms. The van der Waals surface area contributed by atoms with Gasteiger partial charge in [0, 0.05) is 11.6 Å². The molecule has 5 nitrogen and oxygen atoms in total. The van der Waals surface area contributed by atoms with E-state index in [2.05, 4.69) is 15.2 Å². The predicted octanol–water partition coefficient (Wildman–Crippen LogP) is 0.913. The van der Waals surface area contributed by atoms with Crippen LogP contribution >= 0.6 is 0 Å². The summed E-state index contributed by atoms with van der Waals surface area (Å²) < 4.78 is 5.33. The third kappa shape index (κ3) is 1.94. The van der Waals surface area contributed by atoms with E-state index in [1.807, 2.05) is 30.3 Å². The van der Waals surface area contributed by atoms with E-state index in [4.69, 9.17) is 10.5 Å². The van der Waals surface area contributed by atoms with E-state index >= 15 is 0 Å². The number of hydrogen-bond acceptors (Lipinski definition) is 4. The second-order valence-corrected chi connectivity index (χ2v) is 4.22. The van der Waals surface area contributed by atoms with Crippen LogP contribution in [0.1, 0.15) is 11.7 Å². The van der Waals surface area contributed by atoms with E-state index in [9.17, 15) is 0 Å². The summed E-state index contributed by atoms with van der Waals surface area (Å²) in [6, 6.07) is 9.88. The van der Waals surface area contributed by atoms with Gasteiger partial charge < -0.3 is 10.5 Å². The van der Waals surface area contributed by atoms with Crippen molar-refractivity contribution in [1.82, 2.24) is 15.2 Å². The summed E-state index contributed by atoms with van der Waals surface area (Å²) in [7, 11) is 0. The fourth-order valence-corrected chi connectivity index (χ4v) is 2.01. The minimum absolute atomic E-state index is 0.00609. The lowest BCUT2D eigenvalue weighted by Crippen LogP contribution is -2.27. The molecule has 17 heavy (non-hydrogen) atoms. The quantitative estimate of drug-likeness (QED) is 0.804. The number of nitrogens with one attached hydrogen (secondary N) is 1. The van der Waals surface area contributed by atoms with Crippen LogP contribution in [0.2, 0.25) is 0 Å². The smallest absolute Gasteiger partial charge is 0.181 e. The Labute approximate surface area is 99.0 Å². The van der Waals surface area contributed by atoms with Crippen molar-refractivity contribution in [2.45, 2.75) is 12.0 Å². The molecule has 0 spiro atoms. The minimum Gasteiger partial charge on any atom is -0.379 e. The van der Waals surface area contributed by atoms with Gasteiger partial charge in [-0.15, -0.1) is 0 Å². The SMILES string of the molecule is NC1COCC1c1nc(-c2ccccc2)n[nH]1. The number of ether oxygens (including phenoxy) is 1. The molecule has 1 aliphatic rings. The Balaban J connectivity index is 1.88. The Morgan fingerprint density at radius 1 is 1.24 bits per heavy atom. The summed E-state index contributed by atoms with van der Waals surface area (Å²) in [6.45, 7) is 1.20. The first-order valence-electron chi connectivity index (χ1n) is 5.65. The van der Waals surface area contributed by atoms with Crippen molar-refractivity contribution in [3.63, 3.8) is 0 Å². The van der Waals surface area contributed by atoms with Crippen LogP contribution in [0.25, 0.3) is 11.4 Å². The minimum atomic E-state index is 0.00609. The Morgan fingerprint density at radius 2 is 2.06 bits per heavy atom. The Morgan fingerprint density at radius 3 is 2.76 bits per heavy atom. The van der Waals surface area contributed by atoms with Crippen LogP contribution in [-0.2, 0) is 4.74 Å². The van der Waals surface area contributed by atoms with Gasteiger partial charge in [-0.3, -0.25) is 5.10 Å². The number of H-pyrrole nitrogens is 1. The number of aromatic amines is 1. The largest absolute Gasteiger partial charge is 0.379 e. The fourth-order valence-electron chi connectivity index (χ4n) is 2.01. The molecular weight excluding hydrogens is 216 g/mol. The molecule has 0 radical (unpaired) electrons. The number of nitrogens with zero attached hydrogens (tertiary/aromatic N) is 2. The third-order valence-electron chi connectivity index (χ3n) is 3.01. The van der Waals surface area contributed by atoms with E-state index in [-0.39, 0.29) is 12.0 Å². The molecular formula is C12H14N4O. The van der Waals surface area contributed by atoms with E-state index in [1.165, 1.54) is 0 Å². The molecule has 2 aromatic rings. The van der Waals surface area contributed by atoms with Crippen LogP contribution in [0.15, 0.2) is 30.3 Å². The van der Waals surface area contributed by atoms with Crippen LogP contribution in [-0.4, -0.2) is 34.4 Å². The molecule has 1 fully saturated rings. The van der Waals surface area contributed by atoms with E-state index in [1.54, 1.807) is 0 Å². The van der Waals surface area contributed by atoms with Crippen molar-refractivity contribution >= 4 is 0 Å². The first-order chi connectivity index (χ1) is 8.34. The highest BCUT2D eigenvalue weighted by Gasteiger charge is 2.29. The molecule has 0 bridgehead atoms. The number of benzene rings is 1. The lowest BCUT2D eigenvalue weighted by atomic mass is 10.0. The molecule has 0 amide bonds. The second-order valence-electron chi connectivity index (χ2n) is 4.22. The van der Waals surface area contributed by atoms with Gasteiger partial charge in [0.2, 0.25) is 0 Å². The van der Waals surface area contributed by atoms with Gasteiger partial charge >= 0.3 is 0 Å². The van der Waals surface area contributed by atoms with Gasteiger partial charge in [-0.25, -0.2) is 4.98 Å². The maximum absolute atomic E-state index is 5.95. The average Bonchev–Trinajstić information content (AvgIpc) is 2.98. The zero-order chi connectivity index (χ0) is 11.7. The normalized spacial score (nSPS) is 24.1. The van der Waals surface area contributed by atoms with Crippen LogP contribution in [0.3, 0.4) is 0 Å². The third-order valence-corrected chi connectivity index (χ3v) is 3.01. The zero-order valence-electron chi connectivity index (χ0n) is 9.34. The summed E-state index contributed by atoms with van der Waals surface area (Å²) in [6.07, 6.45) is 0. The molecule has 2 atom stereocenters. The summed E-state index contributed by atoms with van der Waals surface area (Å²) in [5.41, 5.74) is 6.95. The van der Waals surface area contributed by atoms with Crippen molar-refractivity contribution in [3.8, 4) is 11.4 Å². The highest BCUT2D eigenvalue weighted by atomic mass is 16.5. The number of nitrogens with two attached hydrogens (primary N) is 1.